The molecule has 1 aromatic rings. The first-order valence-electron chi connectivity index (χ1n) is 6.92. The Kier molecular flexibility index (Phi) is 3.12. The Hall–Kier alpha value is -2.04. The predicted molar refractivity (Wildman–Crippen MR) is 74.5 cm³/mol. The van der Waals surface area contributed by atoms with Crippen LogP contribution in [0, 0.1) is 0 Å². The second-order valence-corrected chi connectivity index (χ2v) is 5.40. The molecule has 3 rings (SSSR count). The molecule has 2 heterocycles. The quantitative estimate of drug-likeness (QED) is 0.788. The molecule has 1 spiro atoms. The third kappa shape index (κ3) is 1.85. The van der Waals surface area contributed by atoms with Gasteiger partial charge >= 0.3 is 6.09 Å². The number of hydrogen-bond donors (Lipinski definition) is 1. The molecule has 0 radical (unpaired) electrons. The van der Waals surface area contributed by atoms with Crippen molar-refractivity contribution in [2.24, 2.45) is 0 Å². The first-order valence-corrected chi connectivity index (χ1v) is 6.92. The van der Waals surface area contributed by atoms with E-state index in [4.69, 9.17) is 4.74 Å². The lowest BCUT2D eigenvalue weighted by molar-refractivity contribution is -0.129. The molecule has 0 saturated carbocycles. The molecule has 0 aliphatic carbocycles. The van der Waals surface area contributed by atoms with Crippen LogP contribution >= 0.6 is 0 Å². The fourth-order valence-corrected chi connectivity index (χ4v) is 3.26. The fraction of sp³-hybridized carbons (Fsp3) is 0.467. The van der Waals surface area contributed by atoms with Crippen LogP contribution in [0.3, 0.4) is 0 Å². The molecule has 5 heteroatoms. The molecule has 20 heavy (non-hydrogen) atoms. The predicted octanol–water partition coefficient (Wildman–Crippen LogP) is 2.17. The van der Waals surface area contributed by atoms with Crippen molar-refractivity contribution in [3.05, 3.63) is 29.8 Å². The van der Waals surface area contributed by atoms with E-state index in [1.165, 1.54) is 7.11 Å². The van der Waals surface area contributed by atoms with Gasteiger partial charge in [-0.15, -0.1) is 0 Å². The molecule has 0 bridgehead atoms. The Balaban J connectivity index is 2.01. The van der Waals surface area contributed by atoms with Crippen molar-refractivity contribution in [3.8, 4) is 0 Å². The monoisotopic (exact) mass is 274 g/mol. The molecule has 106 valence electrons. The fourth-order valence-electron chi connectivity index (χ4n) is 3.26. The summed E-state index contributed by atoms with van der Waals surface area (Å²) in [4.78, 5) is 26.2. The minimum atomic E-state index is -0.792. The third-order valence-electron chi connectivity index (χ3n) is 4.30. The van der Waals surface area contributed by atoms with Crippen LogP contribution in [-0.2, 0) is 16.0 Å². The molecular formula is C15H18N2O3. The van der Waals surface area contributed by atoms with Crippen molar-refractivity contribution >= 4 is 17.7 Å². The van der Waals surface area contributed by atoms with E-state index in [9.17, 15) is 9.59 Å². The number of fused-ring (bicyclic) bond motifs is 1. The van der Waals surface area contributed by atoms with Crippen molar-refractivity contribution in [3.63, 3.8) is 0 Å². The smallest absolute Gasteiger partial charge is 0.410 e. The van der Waals surface area contributed by atoms with E-state index in [1.54, 1.807) is 4.90 Å². The average molecular weight is 274 g/mol. The summed E-state index contributed by atoms with van der Waals surface area (Å²) in [6.07, 6.45) is 2.68. The van der Waals surface area contributed by atoms with Gasteiger partial charge in [-0.25, -0.2) is 4.79 Å². The average Bonchev–Trinajstić information content (AvgIpc) is 2.48. The molecule has 0 aromatic heterocycles. The van der Waals surface area contributed by atoms with Crippen LogP contribution in [0.25, 0.3) is 0 Å². The van der Waals surface area contributed by atoms with Crippen molar-refractivity contribution < 1.29 is 14.3 Å². The van der Waals surface area contributed by atoms with Crippen LogP contribution in [0.1, 0.15) is 24.8 Å². The molecule has 1 aromatic carbocycles. The number of carbonyl (C=O) groups excluding carboxylic acids is 2. The highest BCUT2D eigenvalue weighted by Gasteiger charge is 2.50. The normalized spacial score (nSPS) is 25.1. The minimum absolute atomic E-state index is 0.0960. The van der Waals surface area contributed by atoms with Gasteiger partial charge in [-0.3, -0.25) is 9.69 Å². The van der Waals surface area contributed by atoms with E-state index in [0.717, 1.165) is 24.1 Å². The van der Waals surface area contributed by atoms with Gasteiger partial charge in [-0.1, -0.05) is 18.2 Å². The second-order valence-electron chi connectivity index (χ2n) is 5.40. The molecule has 2 aliphatic rings. The van der Waals surface area contributed by atoms with Crippen LogP contribution in [-0.4, -0.2) is 36.1 Å². The Morgan fingerprint density at radius 2 is 2.15 bits per heavy atom. The number of para-hydroxylation sites is 1. The molecular weight excluding hydrogens is 256 g/mol. The van der Waals surface area contributed by atoms with E-state index in [-0.39, 0.29) is 5.91 Å². The molecule has 1 unspecified atom stereocenters. The SMILES string of the molecule is COC(=O)N1CCCCC12Cc1ccccc1NC2=O. The summed E-state index contributed by atoms with van der Waals surface area (Å²) >= 11 is 0. The molecule has 2 amide bonds. The Labute approximate surface area is 117 Å². The summed E-state index contributed by atoms with van der Waals surface area (Å²) in [5, 5.41) is 2.94. The van der Waals surface area contributed by atoms with Crippen molar-refractivity contribution in [2.45, 2.75) is 31.2 Å². The summed E-state index contributed by atoms with van der Waals surface area (Å²) in [6, 6.07) is 7.75. The number of methoxy groups -OCH3 is 1. The summed E-state index contributed by atoms with van der Waals surface area (Å²) in [5.74, 6) is -0.0960. The second kappa shape index (κ2) is 4.81. The zero-order valence-corrected chi connectivity index (χ0v) is 11.5. The topological polar surface area (TPSA) is 58.6 Å². The first-order chi connectivity index (χ1) is 9.67. The van der Waals surface area contributed by atoms with Crippen LogP contribution in [0.4, 0.5) is 10.5 Å². The number of carbonyl (C=O) groups is 2. The molecule has 1 atom stereocenters. The maximum atomic E-state index is 12.6. The van der Waals surface area contributed by atoms with Gasteiger partial charge in [0.2, 0.25) is 0 Å². The highest BCUT2D eigenvalue weighted by molar-refractivity contribution is 6.03. The number of benzene rings is 1. The largest absolute Gasteiger partial charge is 0.453 e. The highest BCUT2D eigenvalue weighted by Crippen LogP contribution is 2.38. The van der Waals surface area contributed by atoms with Gasteiger partial charge in [0.25, 0.3) is 5.91 Å². The van der Waals surface area contributed by atoms with Crippen LogP contribution in [0.5, 0.6) is 0 Å². The number of hydrogen-bond acceptors (Lipinski definition) is 3. The van der Waals surface area contributed by atoms with Crippen molar-refractivity contribution in [2.75, 3.05) is 19.0 Å². The van der Waals surface area contributed by atoms with Gasteiger partial charge in [-0.05, 0) is 30.9 Å². The number of likely N-dealkylation sites (tertiary alicyclic amines) is 1. The number of nitrogens with one attached hydrogen (secondary N) is 1. The summed E-state index contributed by atoms with van der Waals surface area (Å²) in [7, 11) is 1.36. The van der Waals surface area contributed by atoms with E-state index in [2.05, 4.69) is 5.32 Å². The van der Waals surface area contributed by atoms with Gasteiger partial charge < -0.3 is 10.1 Å². The van der Waals surface area contributed by atoms with E-state index in [1.807, 2.05) is 24.3 Å². The lowest BCUT2D eigenvalue weighted by Gasteiger charge is -2.47. The lowest BCUT2D eigenvalue weighted by Crippen LogP contribution is -2.63. The van der Waals surface area contributed by atoms with Gasteiger partial charge in [-0.2, -0.15) is 0 Å². The maximum absolute atomic E-state index is 12.6. The number of amides is 2. The minimum Gasteiger partial charge on any atom is -0.453 e. The zero-order valence-electron chi connectivity index (χ0n) is 11.5. The van der Waals surface area contributed by atoms with Gasteiger partial charge in [0.15, 0.2) is 0 Å². The molecule has 1 fully saturated rings. The summed E-state index contributed by atoms with van der Waals surface area (Å²) in [5.41, 5.74) is 1.13. The molecule has 1 N–H and O–H groups in total. The lowest BCUT2D eigenvalue weighted by atomic mass is 9.78. The molecule has 2 aliphatic heterocycles. The number of rotatable bonds is 0. The summed E-state index contributed by atoms with van der Waals surface area (Å²) < 4.78 is 4.86. The molecule has 5 nitrogen and oxygen atoms in total. The molecule has 1 saturated heterocycles. The number of nitrogens with zero attached hydrogens (tertiary/aromatic N) is 1. The number of anilines is 1. The van der Waals surface area contributed by atoms with Crippen molar-refractivity contribution in [1.82, 2.24) is 4.90 Å². The highest BCUT2D eigenvalue weighted by atomic mass is 16.5. The van der Waals surface area contributed by atoms with E-state index < -0.39 is 11.6 Å². The first kappa shape index (κ1) is 13.0. The van der Waals surface area contributed by atoms with Crippen LogP contribution in [0.15, 0.2) is 24.3 Å². The van der Waals surface area contributed by atoms with E-state index in [0.29, 0.717) is 19.4 Å². The maximum Gasteiger partial charge on any atom is 0.410 e. The number of ether oxygens (including phenoxy) is 1. The zero-order chi connectivity index (χ0) is 14.2. The third-order valence-corrected chi connectivity index (χ3v) is 4.30. The van der Waals surface area contributed by atoms with Gasteiger partial charge in [0.1, 0.15) is 5.54 Å². The Bertz CT molecular complexity index is 558. The van der Waals surface area contributed by atoms with Gasteiger partial charge in [0, 0.05) is 18.7 Å². The Morgan fingerprint density at radius 1 is 1.35 bits per heavy atom. The van der Waals surface area contributed by atoms with Gasteiger partial charge in [0.05, 0.1) is 7.11 Å². The Morgan fingerprint density at radius 3 is 2.95 bits per heavy atom. The summed E-state index contributed by atoms with van der Waals surface area (Å²) in [6.45, 7) is 0.572. The van der Waals surface area contributed by atoms with Crippen molar-refractivity contribution in [1.29, 1.82) is 0 Å². The number of piperidine rings is 1. The van der Waals surface area contributed by atoms with Crippen LogP contribution in [0.2, 0.25) is 0 Å². The standard InChI is InChI=1S/C15H18N2O3/c1-20-14(19)17-9-5-4-8-15(17)10-11-6-2-3-7-12(11)16-13(15)18/h2-3,6-7H,4-5,8-10H2,1H3,(H,16,18). The van der Waals surface area contributed by atoms with E-state index >= 15 is 0 Å². The van der Waals surface area contributed by atoms with Crippen LogP contribution < -0.4 is 5.32 Å².